The molecule has 13 heavy (non-hydrogen) atoms. The van der Waals surface area contributed by atoms with Crippen molar-refractivity contribution < 1.29 is 9.53 Å². The van der Waals surface area contributed by atoms with Crippen LogP contribution in [0.2, 0.25) is 0 Å². The molecular formula is C10H9NO2. The Morgan fingerprint density at radius 2 is 2.46 bits per heavy atom. The van der Waals surface area contributed by atoms with E-state index in [0.29, 0.717) is 5.69 Å². The number of esters is 1. The SMILES string of the molecule is C#Cc1ccc(CC(=O)OC)cn1. The van der Waals surface area contributed by atoms with Gasteiger partial charge in [0.2, 0.25) is 0 Å². The van der Waals surface area contributed by atoms with Crippen molar-refractivity contribution in [3.8, 4) is 12.3 Å². The number of nitrogens with zero attached hydrogens (tertiary/aromatic N) is 1. The van der Waals surface area contributed by atoms with Gasteiger partial charge in [-0.1, -0.05) is 12.0 Å². The minimum absolute atomic E-state index is 0.231. The summed E-state index contributed by atoms with van der Waals surface area (Å²) in [4.78, 5) is 14.8. The fraction of sp³-hybridized carbons (Fsp3) is 0.200. The number of pyridine rings is 1. The van der Waals surface area contributed by atoms with E-state index in [0.717, 1.165) is 5.56 Å². The summed E-state index contributed by atoms with van der Waals surface area (Å²) in [7, 11) is 1.35. The number of hydrogen-bond donors (Lipinski definition) is 0. The zero-order valence-electron chi connectivity index (χ0n) is 7.28. The average molecular weight is 175 g/mol. The highest BCUT2D eigenvalue weighted by atomic mass is 16.5. The van der Waals surface area contributed by atoms with Crippen LogP contribution >= 0.6 is 0 Å². The summed E-state index contributed by atoms with van der Waals surface area (Å²) in [5.74, 6) is 2.11. The molecule has 0 aliphatic carbocycles. The Balaban J connectivity index is 2.71. The largest absolute Gasteiger partial charge is 0.469 e. The Labute approximate surface area is 76.8 Å². The first kappa shape index (κ1) is 9.27. The van der Waals surface area contributed by atoms with Crippen molar-refractivity contribution in [2.45, 2.75) is 6.42 Å². The van der Waals surface area contributed by atoms with E-state index in [-0.39, 0.29) is 12.4 Å². The van der Waals surface area contributed by atoms with Crippen LogP contribution in [-0.2, 0) is 16.0 Å². The molecule has 0 fully saturated rings. The van der Waals surface area contributed by atoms with Crippen molar-refractivity contribution in [1.29, 1.82) is 0 Å². The molecule has 0 amide bonds. The van der Waals surface area contributed by atoms with E-state index in [1.807, 2.05) is 0 Å². The second-order valence-corrected chi connectivity index (χ2v) is 2.45. The maximum absolute atomic E-state index is 10.8. The predicted molar refractivity (Wildman–Crippen MR) is 47.9 cm³/mol. The molecular weight excluding hydrogens is 166 g/mol. The zero-order chi connectivity index (χ0) is 9.68. The number of carbonyl (C=O) groups is 1. The maximum Gasteiger partial charge on any atom is 0.310 e. The summed E-state index contributed by atoms with van der Waals surface area (Å²) < 4.78 is 4.50. The van der Waals surface area contributed by atoms with Crippen LogP contribution in [0.25, 0.3) is 0 Å². The number of ether oxygens (including phenoxy) is 1. The molecule has 0 spiro atoms. The van der Waals surface area contributed by atoms with Crippen molar-refractivity contribution in [1.82, 2.24) is 4.98 Å². The lowest BCUT2D eigenvalue weighted by Crippen LogP contribution is -2.04. The fourth-order valence-electron chi connectivity index (χ4n) is 0.853. The standard InChI is InChI=1S/C10H9NO2/c1-3-9-5-4-8(7-11-9)6-10(12)13-2/h1,4-5,7H,6H2,2H3. The molecule has 1 aromatic rings. The first-order chi connectivity index (χ1) is 6.26. The van der Waals surface area contributed by atoms with Gasteiger partial charge in [-0.25, -0.2) is 4.98 Å². The number of aromatic nitrogens is 1. The van der Waals surface area contributed by atoms with E-state index in [1.54, 1.807) is 18.3 Å². The molecule has 0 aliphatic heterocycles. The van der Waals surface area contributed by atoms with Gasteiger partial charge < -0.3 is 4.74 Å². The Bertz CT molecular complexity index is 335. The van der Waals surface area contributed by atoms with Gasteiger partial charge in [-0.2, -0.15) is 0 Å². The fourth-order valence-corrected chi connectivity index (χ4v) is 0.853. The summed E-state index contributed by atoms with van der Waals surface area (Å²) in [6.07, 6.45) is 6.93. The first-order valence-electron chi connectivity index (χ1n) is 3.74. The Morgan fingerprint density at radius 3 is 2.92 bits per heavy atom. The van der Waals surface area contributed by atoms with Gasteiger partial charge in [-0.15, -0.1) is 6.42 Å². The van der Waals surface area contributed by atoms with Gasteiger partial charge in [-0.05, 0) is 11.6 Å². The average Bonchev–Trinajstić information content (AvgIpc) is 2.19. The Kier molecular flexibility index (Phi) is 3.04. The Morgan fingerprint density at radius 1 is 1.69 bits per heavy atom. The number of rotatable bonds is 2. The Hall–Kier alpha value is -1.82. The topological polar surface area (TPSA) is 39.2 Å². The van der Waals surface area contributed by atoms with Crippen LogP contribution in [-0.4, -0.2) is 18.1 Å². The van der Waals surface area contributed by atoms with Gasteiger partial charge in [0.1, 0.15) is 5.69 Å². The molecule has 0 N–H and O–H groups in total. The summed E-state index contributed by atoms with van der Waals surface area (Å²) in [5, 5.41) is 0. The van der Waals surface area contributed by atoms with Gasteiger partial charge in [0.15, 0.2) is 0 Å². The van der Waals surface area contributed by atoms with E-state index in [4.69, 9.17) is 6.42 Å². The van der Waals surface area contributed by atoms with Crippen LogP contribution in [0.5, 0.6) is 0 Å². The van der Waals surface area contributed by atoms with Gasteiger partial charge in [0.25, 0.3) is 0 Å². The highest BCUT2D eigenvalue weighted by molar-refractivity contribution is 5.72. The smallest absolute Gasteiger partial charge is 0.310 e. The molecule has 0 aromatic carbocycles. The molecule has 1 heterocycles. The van der Waals surface area contributed by atoms with Gasteiger partial charge in [0.05, 0.1) is 13.5 Å². The summed E-state index contributed by atoms with van der Waals surface area (Å²) >= 11 is 0. The second kappa shape index (κ2) is 4.27. The second-order valence-electron chi connectivity index (χ2n) is 2.45. The molecule has 0 bridgehead atoms. The lowest BCUT2D eigenvalue weighted by atomic mass is 10.2. The minimum atomic E-state index is -0.282. The molecule has 0 atom stereocenters. The third kappa shape index (κ3) is 2.60. The lowest BCUT2D eigenvalue weighted by Gasteiger charge is -1.98. The van der Waals surface area contributed by atoms with E-state index in [1.165, 1.54) is 7.11 Å². The highest BCUT2D eigenvalue weighted by Crippen LogP contribution is 2.00. The predicted octanol–water partition coefficient (Wildman–Crippen LogP) is 0.778. The molecule has 0 saturated carbocycles. The number of methoxy groups -OCH3 is 1. The van der Waals surface area contributed by atoms with Crippen LogP contribution < -0.4 is 0 Å². The molecule has 3 heteroatoms. The van der Waals surface area contributed by atoms with Crippen LogP contribution in [0.15, 0.2) is 18.3 Å². The molecule has 66 valence electrons. The summed E-state index contributed by atoms with van der Waals surface area (Å²) in [6, 6.07) is 3.46. The summed E-state index contributed by atoms with van der Waals surface area (Å²) in [5.41, 5.74) is 1.36. The molecule has 3 nitrogen and oxygen atoms in total. The van der Waals surface area contributed by atoms with Crippen LogP contribution in [0.1, 0.15) is 11.3 Å². The van der Waals surface area contributed by atoms with E-state index in [2.05, 4.69) is 15.6 Å². The maximum atomic E-state index is 10.8. The first-order valence-corrected chi connectivity index (χ1v) is 3.74. The minimum Gasteiger partial charge on any atom is -0.469 e. The van der Waals surface area contributed by atoms with Crippen molar-refractivity contribution in [2.75, 3.05) is 7.11 Å². The number of carbonyl (C=O) groups excluding carboxylic acids is 1. The lowest BCUT2D eigenvalue weighted by molar-refractivity contribution is -0.139. The molecule has 0 aliphatic rings. The molecule has 0 unspecified atom stereocenters. The van der Waals surface area contributed by atoms with Crippen LogP contribution in [0.3, 0.4) is 0 Å². The molecule has 1 aromatic heterocycles. The molecule has 0 radical (unpaired) electrons. The number of terminal acetylenes is 1. The van der Waals surface area contributed by atoms with Crippen molar-refractivity contribution in [3.05, 3.63) is 29.6 Å². The third-order valence-corrected chi connectivity index (χ3v) is 1.55. The van der Waals surface area contributed by atoms with E-state index in [9.17, 15) is 4.79 Å². The third-order valence-electron chi connectivity index (χ3n) is 1.55. The van der Waals surface area contributed by atoms with Crippen LogP contribution in [0, 0.1) is 12.3 Å². The highest BCUT2D eigenvalue weighted by Gasteiger charge is 2.02. The number of hydrogen-bond acceptors (Lipinski definition) is 3. The van der Waals surface area contributed by atoms with Gasteiger partial charge >= 0.3 is 5.97 Å². The molecule has 1 rings (SSSR count). The van der Waals surface area contributed by atoms with Crippen molar-refractivity contribution >= 4 is 5.97 Å². The van der Waals surface area contributed by atoms with E-state index >= 15 is 0 Å². The van der Waals surface area contributed by atoms with Crippen molar-refractivity contribution in [2.24, 2.45) is 0 Å². The van der Waals surface area contributed by atoms with E-state index < -0.39 is 0 Å². The monoisotopic (exact) mass is 175 g/mol. The zero-order valence-corrected chi connectivity index (χ0v) is 7.28. The normalized spacial score (nSPS) is 8.92. The summed E-state index contributed by atoms with van der Waals surface area (Å²) in [6.45, 7) is 0. The molecule has 0 saturated heterocycles. The van der Waals surface area contributed by atoms with Gasteiger partial charge in [0, 0.05) is 6.20 Å². The van der Waals surface area contributed by atoms with Crippen LogP contribution in [0.4, 0.5) is 0 Å². The van der Waals surface area contributed by atoms with Gasteiger partial charge in [-0.3, -0.25) is 4.79 Å². The van der Waals surface area contributed by atoms with Crippen molar-refractivity contribution in [3.63, 3.8) is 0 Å². The quantitative estimate of drug-likeness (QED) is 0.492.